The number of aromatic hydroxyl groups is 1. The number of benzene rings is 1. The van der Waals surface area contributed by atoms with Crippen molar-refractivity contribution in [2.24, 2.45) is 0 Å². The molecule has 0 saturated carbocycles. The molecule has 3 heterocycles. The minimum absolute atomic E-state index is 0.0843. The van der Waals surface area contributed by atoms with Crippen LogP contribution in [-0.2, 0) is 0 Å². The Morgan fingerprint density at radius 2 is 2.04 bits per heavy atom. The van der Waals surface area contributed by atoms with E-state index in [0.717, 1.165) is 22.2 Å². The van der Waals surface area contributed by atoms with Gasteiger partial charge in [0.25, 0.3) is 0 Å². The maximum atomic E-state index is 10.7. The van der Waals surface area contributed by atoms with E-state index in [1.807, 2.05) is 42.5 Å². The molecule has 27 heavy (non-hydrogen) atoms. The van der Waals surface area contributed by atoms with Gasteiger partial charge in [-0.15, -0.1) is 5.10 Å². The van der Waals surface area contributed by atoms with Crippen LogP contribution in [0.15, 0.2) is 54.9 Å². The molecule has 0 bridgehead atoms. The Morgan fingerprint density at radius 1 is 1.19 bits per heavy atom. The summed E-state index contributed by atoms with van der Waals surface area (Å²) in [6, 6.07) is 7.55. The number of anilines is 1. The molecule has 3 N–H and O–H groups in total. The minimum Gasteiger partial charge on any atom is -0.494 e. The van der Waals surface area contributed by atoms with Crippen LogP contribution in [0.4, 0.5) is 5.69 Å². The number of hydrogen-bond donors (Lipinski definition) is 2. The molecule has 1 aliphatic rings. The standard InChI is InChI=1S/C20H15N5O2/c1-27-19-13(8-9-22-24-19)12-6-3-7-14-17(21)16-15(23-18(12)14)10-25(20(16)26)11-4-2-5-11/h2-10,26H,21H2,1H3. The van der Waals surface area contributed by atoms with Gasteiger partial charge in [-0.1, -0.05) is 24.3 Å². The highest BCUT2D eigenvalue weighted by Crippen LogP contribution is 2.41. The molecule has 3 aromatic heterocycles. The lowest BCUT2D eigenvalue weighted by Gasteiger charge is -2.11. The summed E-state index contributed by atoms with van der Waals surface area (Å²) in [7, 11) is 1.55. The summed E-state index contributed by atoms with van der Waals surface area (Å²) in [6.07, 6.45) is 9.12. The molecule has 7 heteroatoms. The van der Waals surface area contributed by atoms with Gasteiger partial charge < -0.3 is 15.6 Å². The van der Waals surface area contributed by atoms with Gasteiger partial charge in [0, 0.05) is 28.4 Å². The van der Waals surface area contributed by atoms with Gasteiger partial charge in [-0.2, -0.15) is 5.10 Å². The number of pyridine rings is 1. The Morgan fingerprint density at radius 3 is 2.78 bits per heavy atom. The lowest BCUT2D eigenvalue weighted by atomic mass is 10.0. The summed E-state index contributed by atoms with van der Waals surface area (Å²) >= 11 is 0. The van der Waals surface area contributed by atoms with Gasteiger partial charge >= 0.3 is 0 Å². The first-order valence-electron chi connectivity index (χ1n) is 8.36. The van der Waals surface area contributed by atoms with Crippen LogP contribution >= 0.6 is 0 Å². The van der Waals surface area contributed by atoms with Crippen LogP contribution in [0.5, 0.6) is 11.8 Å². The van der Waals surface area contributed by atoms with Crippen molar-refractivity contribution in [2.75, 3.05) is 12.8 Å². The number of ether oxygens (including phenoxy) is 1. The van der Waals surface area contributed by atoms with Crippen LogP contribution in [0.1, 0.15) is 0 Å². The molecule has 0 radical (unpaired) electrons. The van der Waals surface area contributed by atoms with Gasteiger partial charge in [0.2, 0.25) is 11.8 Å². The summed E-state index contributed by atoms with van der Waals surface area (Å²) in [4.78, 5) is 4.80. The van der Waals surface area contributed by atoms with Gasteiger partial charge in [0.15, 0.2) is 0 Å². The molecule has 0 saturated heterocycles. The number of nitrogen functional groups attached to an aromatic ring is 1. The summed E-state index contributed by atoms with van der Waals surface area (Å²) in [5.41, 5.74) is 10.7. The Kier molecular flexibility index (Phi) is 3.17. The molecule has 132 valence electrons. The van der Waals surface area contributed by atoms with Crippen molar-refractivity contribution in [1.29, 1.82) is 0 Å². The van der Waals surface area contributed by atoms with Crippen LogP contribution in [0.3, 0.4) is 0 Å². The van der Waals surface area contributed by atoms with Gasteiger partial charge in [0.1, 0.15) is 0 Å². The van der Waals surface area contributed by atoms with Crippen molar-refractivity contribution >= 4 is 33.2 Å². The molecule has 4 aromatic rings. The molecule has 0 unspecified atom stereocenters. The normalized spacial score (nSPS) is 13.0. The monoisotopic (exact) mass is 357 g/mol. The Labute approximate surface area is 154 Å². The molecule has 1 aromatic carbocycles. The smallest absolute Gasteiger partial charge is 0.241 e. The number of para-hydroxylation sites is 1. The number of nitrogens with zero attached hydrogens (tertiary/aromatic N) is 4. The fourth-order valence-corrected chi connectivity index (χ4v) is 3.39. The van der Waals surface area contributed by atoms with Crippen LogP contribution < -0.4 is 10.5 Å². The van der Waals surface area contributed by atoms with Crippen molar-refractivity contribution in [3.05, 3.63) is 54.9 Å². The molecule has 0 spiro atoms. The van der Waals surface area contributed by atoms with E-state index in [1.54, 1.807) is 24.1 Å². The second-order valence-electron chi connectivity index (χ2n) is 6.21. The first-order chi connectivity index (χ1) is 13.2. The van der Waals surface area contributed by atoms with Crippen molar-refractivity contribution in [3.8, 4) is 22.9 Å². The van der Waals surface area contributed by atoms with E-state index in [-0.39, 0.29) is 5.88 Å². The summed E-state index contributed by atoms with van der Waals surface area (Å²) in [5, 5.41) is 19.9. The first kappa shape index (κ1) is 15.4. The van der Waals surface area contributed by atoms with Crippen LogP contribution in [0, 0.1) is 0 Å². The molecule has 0 aliphatic heterocycles. The average Bonchev–Trinajstić information content (AvgIpc) is 2.96. The van der Waals surface area contributed by atoms with Crippen LogP contribution in [0.25, 0.3) is 38.6 Å². The Balaban J connectivity index is 1.85. The zero-order valence-corrected chi connectivity index (χ0v) is 14.4. The minimum atomic E-state index is 0.0843. The predicted octanol–water partition coefficient (Wildman–Crippen LogP) is 3.35. The molecule has 7 nitrogen and oxygen atoms in total. The number of nitrogens with two attached hydrogens (primary N) is 1. The molecular formula is C20H15N5O2. The summed E-state index contributed by atoms with van der Waals surface area (Å²) < 4.78 is 7.03. The van der Waals surface area contributed by atoms with E-state index >= 15 is 0 Å². The van der Waals surface area contributed by atoms with Crippen molar-refractivity contribution in [3.63, 3.8) is 0 Å². The van der Waals surface area contributed by atoms with Crippen LogP contribution in [0.2, 0.25) is 0 Å². The number of fused-ring (bicyclic) bond motifs is 2. The van der Waals surface area contributed by atoms with Crippen molar-refractivity contribution in [2.45, 2.75) is 0 Å². The van der Waals surface area contributed by atoms with Crippen molar-refractivity contribution in [1.82, 2.24) is 19.7 Å². The SMILES string of the molecule is COc1nnccc1-c1cccc2c(N)c3c(O)n(C4=CC=C4)cc3nc12. The Bertz CT molecular complexity index is 1290. The lowest BCUT2D eigenvalue weighted by Crippen LogP contribution is -1.96. The molecule has 1 aliphatic carbocycles. The van der Waals surface area contributed by atoms with Gasteiger partial charge in [-0.3, -0.25) is 4.57 Å². The number of allylic oxidation sites excluding steroid dienone is 4. The van der Waals surface area contributed by atoms with Crippen LogP contribution in [-0.4, -0.2) is 32.0 Å². The maximum absolute atomic E-state index is 10.7. The van der Waals surface area contributed by atoms with E-state index in [0.29, 0.717) is 28.0 Å². The zero-order valence-electron chi connectivity index (χ0n) is 14.4. The highest BCUT2D eigenvalue weighted by atomic mass is 16.5. The van der Waals surface area contributed by atoms with E-state index in [9.17, 15) is 5.11 Å². The second-order valence-corrected chi connectivity index (χ2v) is 6.21. The van der Waals surface area contributed by atoms with Gasteiger partial charge in [-0.25, -0.2) is 4.98 Å². The number of rotatable bonds is 3. The lowest BCUT2D eigenvalue weighted by molar-refractivity contribution is 0.394. The number of hydrogen-bond acceptors (Lipinski definition) is 6. The second kappa shape index (κ2) is 5.57. The molecule has 0 amide bonds. The van der Waals surface area contributed by atoms with E-state index < -0.39 is 0 Å². The highest BCUT2D eigenvalue weighted by Gasteiger charge is 2.20. The van der Waals surface area contributed by atoms with Gasteiger partial charge in [-0.05, 0) is 18.2 Å². The number of aromatic nitrogens is 4. The molecule has 0 atom stereocenters. The molecule has 0 fully saturated rings. The highest BCUT2D eigenvalue weighted by molar-refractivity contribution is 6.12. The van der Waals surface area contributed by atoms with E-state index in [4.69, 9.17) is 15.5 Å². The van der Waals surface area contributed by atoms with E-state index in [2.05, 4.69) is 10.2 Å². The molecule has 5 rings (SSSR count). The third kappa shape index (κ3) is 2.11. The van der Waals surface area contributed by atoms with Crippen molar-refractivity contribution < 1.29 is 9.84 Å². The summed E-state index contributed by atoms with van der Waals surface area (Å²) in [5.74, 6) is 0.497. The third-order valence-corrected chi connectivity index (χ3v) is 4.77. The number of methoxy groups -OCH3 is 1. The first-order valence-corrected chi connectivity index (χ1v) is 8.36. The summed E-state index contributed by atoms with van der Waals surface area (Å²) in [6.45, 7) is 0. The van der Waals surface area contributed by atoms with E-state index in [1.165, 1.54) is 0 Å². The fraction of sp³-hybridized carbons (Fsp3) is 0.0500. The van der Waals surface area contributed by atoms with Gasteiger partial charge in [0.05, 0.1) is 35.4 Å². The predicted molar refractivity (Wildman–Crippen MR) is 104 cm³/mol. The topological polar surface area (TPSA) is 99.1 Å². The zero-order chi connectivity index (χ0) is 18.5. The Hall–Kier alpha value is -3.87. The fourth-order valence-electron chi connectivity index (χ4n) is 3.39. The average molecular weight is 357 g/mol. The maximum Gasteiger partial charge on any atom is 0.241 e. The largest absolute Gasteiger partial charge is 0.494 e. The third-order valence-electron chi connectivity index (χ3n) is 4.77. The molecular weight excluding hydrogens is 342 g/mol. The quantitative estimate of drug-likeness (QED) is 0.583.